The van der Waals surface area contributed by atoms with Crippen LogP contribution in [0.2, 0.25) is 0 Å². The Morgan fingerprint density at radius 3 is 0.693 bits per heavy atom. The molecule has 0 saturated heterocycles. The van der Waals surface area contributed by atoms with Crippen LogP contribution in [0.15, 0.2) is 9.98 Å². The van der Waals surface area contributed by atoms with Gasteiger partial charge in [0.1, 0.15) is 18.6 Å². The molecule has 2 rings (SSSR count). The first-order valence-electron chi connectivity index (χ1n) is 20.2. The van der Waals surface area contributed by atoms with E-state index in [-0.39, 0.29) is 0 Å². The Bertz CT molecular complexity index is 1940. The minimum absolute atomic E-state index is 0.805. The summed E-state index contributed by atoms with van der Waals surface area (Å²) < 4.78 is 486. The van der Waals surface area contributed by atoms with E-state index in [1.165, 1.54) is 41.5 Å². The summed E-state index contributed by atoms with van der Waals surface area (Å²) >= 11 is 0. The Kier molecular flexibility index (Phi) is 17.0. The third-order valence-electron chi connectivity index (χ3n) is 11.9. The van der Waals surface area contributed by atoms with E-state index in [0.29, 0.717) is 0 Å². The number of halogens is 34. The number of hydrogen-bond donors (Lipinski definition) is 0. The van der Waals surface area contributed by atoms with Crippen molar-refractivity contribution in [3.63, 3.8) is 0 Å². The van der Waals surface area contributed by atoms with Crippen LogP contribution in [0.4, 0.5) is 149 Å². The lowest BCUT2D eigenvalue weighted by Crippen LogP contribution is -2.74. The average Bonchev–Trinajstić information content (AvgIpc) is 3.91. The molecule has 2 aliphatic rings. The number of nitrogens with zero attached hydrogens (tertiary/aromatic N) is 2. The Morgan fingerprint density at radius 1 is 0.307 bits per heavy atom. The van der Waals surface area contributed by atoms with Gasteiger partial charge < -0.3 is 9.47 Å². The van der Waals surface area contributed by atoms with Crippen molar-refractivity contribution in [1.82, 2.24) is 0 Å². The molecule has 4 nitrogen and oxygen atoms in total. The average molecular weight is 1190 g/mol. The van der Waals surface area contributed by atoms with Crippen molar-refractivity contribution in [2.24, 2.45) is 26.2 Å². The van der Waals surface area contributed by atoms with Crippen LogP contribution in [0.3, 0.4) is 0 Å². The van der Waals surface area contributed by atoms with Gasteiger partial charge in [0, 0.05) is 12.8 Å². The molecule has 75 heavy (non-hydrogen) atoms. The summed E-state index contributed by atoms with van der Waals surface area (Å²) in [4.78, 5) is 7.88. The van der Waals surface area contributed by atoms with Crippen molar-refractivity contribution >= 4 is 11.8 Å². The molecule has 0 aromatic heterocycles. The molecule has 2 heterocycles. The highest BCUT2D eigenvalue weighted by molar-refractivity contribution is 6.06. The summed E-state index contributed by atoms with van der Waals surface area (Å²) in [6, 6.07) is -2.67. The summed E-state index contributed by atoms with van der Waals surface area (Å²) in [5.74, 6) is -122. The van der Waals surface area contributed by atoms with Gasteiger partial charge in [0.25, 0.3) is 0 Å². The first-order valence-corrected chi connectivity index (χ1v) is 20.2. The number of aliphatic imine (C=N–C) groups is 2. The molecule has 0 radical (unpaired) electrons. The van der Waals surface area contributed by atoms with Crippen LogP contribution < -0.4 is 0 Å². The highest BCUT2D eigenvalue weighted by Crippen LogP contribution is 2.67. The minimum atomic E-state index is -9.05. The second-order valence-corrected chi connectivity index (χ2v) is 19.3. The van der Waals surface area contributed by atoms with E-state index in [2.05, 4.69) is 9.98 Å². The molecule has 0 aromatic carbocycles. The SMILES string of the molecule is CC(C)(C)[C@H]1COC(C(CCCC(F)(F)C(F)(F)C(F)(F)C(F)(F)C(F)(F)C(F)(F)C(F)(F)C(F)(F)F)(CCCC(F)(F)C(F)(F)C(F)(F)C(F)(F)C(F)(F)C(F)(F)C(F)(F)C(F)(F)F)C2=N[C@@H](C(C)(C)C)CO2)=N1. The topological polar surface area (TPSA) is 43.2 Å². The fraction of sp³-hybridized carbons (Fsp3) is 0.946. The molecule has 2 aliphatic heterocycles. The predicted molar refractivity (Wildman–Crippen MR) is 185 cm³/mol. The van der Waals surface area contributed by atoms with Gasteiger partial charge in [-0.25, -0.2) is 9.98 Å². The van der Waals surface area contributed by atoms with Crippen molar-refractivity contribution in [3.05, 3.63) is 0 Å². The number of hydrogen-bond acceptors (Lipinski definition) is 4. The molecule has 38 heteroatoms. The lowest BCUT2D eigenvalue weighted by molar-refractivity contribution is -0.461. The standard InChI is InChI=1S/C37H36F34N2O2/c1-19(2,3)15-13-74-17(72-15)21(18-73-16(14-75-18)20(4,5)6,9-7-11-22(38,39)24(42,43)26(46,47)28(50,51)30(54,55)32(58,59)34(62,63)36(66,67)68)10-8-12-23(40,41)25(44,45)27(48,49)29(52,53)31(56,57)33(60,61)35(64,65)37(69,70)71/h15-16H,7-14H2,1-6H3/t15-,16-/m1/s1. The summed E-state index contributed by atoms with van der Waals surface area (Å²) in [6.07, 6.45) is -31.0. The zero-order valence-corrected chi connectivity index (χ0v) is 37.9. The molecule has 0 N–H and O–H groups in total. The van der Waals surface area contributed by atoms with Crippen molar-refractivity contribution < 1.29 is 159 Å². The van der Waals surface area contributed by atoms with Gasteiger partial charge in [0.05, 0.1) is 12.1 Å². The van der Waals surface area contributed by atoms with Gasteiger partial charge >= 0.3 is 95.3 Å². The van der Waals surface area contributed by atoms with E-state index >= 15 is 17.6 Å². The summed E-state index contributed by atoms with van der Waals surface area (Å²) in [5, 5.41) is 0. The van der Waals surface area contributed by atoms with Crippen molar-refractivity contribution in [3.8, 4) is 0 Å². The van der Waals surface area contributed by atoms with E-state index in [9.17, 15) is 132 Å². The third kappa shape index (κ3) is 10.2. The van der Waals surface area contributed by atoms with Crippen LogP contribution in [0.1, 0.15) is 80.1 Å². The minimum Gasteiger partial charge on any atom is -0.478 e. The molecule has 0 aliphatic carbocycles. The van der Waals surface area contributed by atoms with Gasteiger partial charge in [-0.1, -0.05) is 41.5 Å². The predicted octanol–water partition coefficient (Wildman–Crippen LogP) is 16.0. The Balaban J connectivity index is 2.85. The first-order chi connectivity index (χ1) is 32.3. The number of ether oxygens (including phenoxy) is 2. The summed E-state index contributed by atoms with van der Waals surface area (Å²) in [5.41, 5.74) is -5.64. The van der Waals surface area contributed by atoms with Gasteiger partial charge in [-0.15, -0.1) is 0 Å². The fourth-order valence-corrected chi connectivity index (χ4v) is 6.73. The largest absolute Gasteiger partial charge is 0.478 e. The maximum atomic E-state index is 15.2. The van der Waals surface area contributed by atoms with Gasteiger partial charge in [0.2, 0.25) is 0 Å². The zero-order valence-electron chi connectivity index (χ0n) is 37.9. The zero-order chi connectivity index (χ0) is 60.3. The van der Waals surface area contributed by atoms with Crippen LogP contribution in [0, 0.1) is 16.2 Å². The molecule has 444 valence electrons. The third-order valence-corrected chi connectivity index (χ3v) is 11.9. The second kappa shape index (κ2) is 18.9. The second-order valence-electron chi connectivity index (χ2n) is 19.3. The molecule has 0 fully saturated rings. The molecule has 0 unspecified atom stereocenters. The van der Waals surface area contributed by atoms with E-state index in [1.54, 1.807) is 0 Å². The lowest BCUT2D eigenvalue weighted by Gasteiger charge is -2.43. The molecule has 0 amide bonds. The number of rotatable bonds is 22. The van der Waals surface area contributed by atoms with Gasteiger partial charge in [-0.3, -0.25) is 0 Å². The van der Waals surface area contributed by atoms with E-state index in [1.807, 2.05) is 0 Å². The Morgan fingerprint density at radius 2 is 0.507 bits per heavy atom. The van der Waals surface area contributed by atoms with Gasteiger partial charge in [0.15, 0.2) is 11.8 Å². The molecular formula is C37H36F34N2O2. The maximum Gasteiger partial charge on any atom is 0.460 e. The van der Waals surface area contributed by atoms with Crippen LogP contribution in [-0.4, -0.2) is 132 Å². The summed E-state index contributed by atoms with van der Waals surface area (Å²) in [7, 11) is 0. The highest BCUT2D eigenvalue weighted by Gasteiger charge is 2.97. The molecule has 0 aromatic rings. The van der Waals surface area contributed by atoms with E-state index in [4.69, 9.17) is 9.47 Å². The Labute approximate surface area is 398 Å². The van der Waals surface area contributed by atoms with Crippen molar-refractivity contribution in [2.75, 3.05) is 13.2 Å². The van der Waals surface area contributed by atoms with Crippen LogP contribution in [0.5, 0.6) is 0 Å². The maximum absolute atomic E-state index is 15.2. The lowest BCUT2D eigenvalue weighted by atomic mass is 9.75. The fourth-order valence-electron chi connectivity index (χ4n) is 6.73. The van der Waals surface area contributed by atoms with Gasteiger partial charge in [-0.2, -0.15) is 149 Å². The van der Waals surface area contributed by atoms with Crippen molar-refractivity contribution in [1.29, 1.82) is 0 Å². The smallest absolute Gasteiger partial charge is 0.460 e. The van der Waals surface area contributed by atoms with E-state index < -0.39 is 187 Å². The van der Waals surface area contributed by atoms with Crippen LogP contribution >= 0.6 is 0 Å². The molecule has 0 bridgehead atoms. The van der Waals surface area contributed by atoms with Crippen LogP contribution in [-0.2, 0) is 9.47 Å². The summed E-state index contributed by atoms with van der Waals surface area (Å²) in [6.45, 7) is 6.13. The molecule has 0 spiro atoms. The normalized spacial score (nSPS) is 20.1. The quantitative estimate of drug-likeness (QED) is 0.101. The van der Waals surface area contributed by atoms with Crippen molar-refractivity contribution in [2.45, 2.75) is 187 Å². The number of alkyl halides is 34. The van der Waals surface area contributed by atoms with E-state index in [0.717, 1.165) is 0 Å². The molecular weight excluding hydrogens is 1150 g/mol. The molecule has 0 saturated carbocycles. The Hall–Kier alpha value is -3.44. The molecule has 2 atom stereocenters. The van der Waals surface area contributed by atoms with Crippen LogP contribution in [0.25, 0.3) is 0 Å². The van der Waals surface area contributed by atoms with Gasteiger partial charge in [-0.05, 0) is 36.5 Å². The highest BCUT2D eigenvalue weighted by atomic mass is 19.4. The monoisotopic (exact) mass is 1190 g/mol. The first kappa shape index (κ1) is 67.7.